The summed E-state index contributed by atoms with van der Waals surface area (Å²) < 4.78 is 1.70. The molecule has 2 aliphatic rings. The Labute approximate surface area is 177 Å². The molecular formula is C21H22N6O2S. The van der Waals surface area contributed by atoms with Gasteiger partial charge < -0.3 is 10.2 Å². The molecule has 30 heavy (non-hydrogen) atoms. The van der Waals surface area contributed by atoms with E-state index in [1.807, 2.05) is 30.5 Å². The van der Waals surface area contributed by atoms with Crippen LogP contribution in [0.4, 0.5) is 5.82 Å². The van der Waals surface area contributed by atoms with Crippen molar-refractivity contribution in [1.29, 1.82) is 0 Å². The van der Waals surface area contributed by atoms with Crippen LogP contribution < -0.4 is 15.8 Å². The fourth-order valence-corrected chi connectivity index (χ4v) is 5.18. The zero-order chi connectivity index (χ0) is 20.7. The lowest BCUT2D eigenvalue weighted by Gasteiger charge is -2.46. The van der Waals surface area contributed by atoms with Crippen molar-refractivity contribution < 1.29 is 4.79 Å². The molecule has 5 rings (SSSR count). The van der Waals surface area contributed by atoms with Crippen molar-refractivity contribution in [3.8, 4) is 0 Å². The van der Waals surface area contributed by atoms with E-state index in [9.17, 15) is 9.59 Å². The van der Waals surface area contributed by atoms with Gasteiger partial charge in [-0.05, 0) is 31.5 Å². The standard InChI is InChI=1S/C21H22N6O2S/c1-13-5-6-17(25-24-13)26-11-14-9-15(12-26)20(27-16(14)3-2-4-19(27)28)21(29)23-10-18-22-7-8-30-18/h2-8,14-15,20H,9-12H2,1H3,(H,23,29)/t14-,15+,20+/m0/s1. The maximum absolute atomic E-state index is 13.3. The number of anilines is 1. The Balaban J connectivity index is 1.48. The van der Waals surface area contributed by atoms with Gasteiger partial charge in [0, 0.05) is 48.3 Å². The molecule has 0 aromatic carbocycles. The summed E-state index contributed by atoms with van der Waals surface area (Å²) in [6.45, 7) is 3.69. The van der Waals surface area contributed by atoms with Gasteiger partial charge in [0.15, 0.2) is 5.82 Å². The minimum Gasteiger partial charge on any atom is -0.354 e. The first-order valence-electron chi connectivity index (χ1n) is 10.0. The number of carbonyl (C=O) groups excluding carboxylic acids is 1. The highest BCUT2D eigenvalue weighted by Crippen LogP contribution is 2.42. The van der Waals surface area contributed by atoms with Gasteiger partial charge in [-0.15, -0.1) is 16.4 Å². The number of amides is 1. The molecule has 154 valence electrons. The van der Waals surface area contributed by atoms with E-state index in [1.165, 1.54) is 17.4 Å². The van der Waals surface area contributed by atoms with Crippen molar-refractivity contribution in [3.63, 3.8) is 0 Å². The van der Waals surface area contributed by atoms with Gasteiger partial charge in [-0.25, -0.2) is 4.98 Å². The molecule has 8 nitrogen and oxygen atoms in total. The van der Waals surface area contributed by atoms with Gasteiger partial charge in [-0.2, -0.15) is 5.10 Å². The molecule has 0 radical (unpaired) electrons. The summed E-state index contributed by atoms with van der Waals surface area (Å²) in [6, 6.07) is 8.65. The van der Waals surface area contributed by atoms with Crippen LogP contribution in [0.2, 0.25) is 0 Å². The van der Waals surface area contributed by atoms with E-state index in [1.54, 1.807) is 16.8 Å². The summed E-state index contributed by atoms with van der Waals surface area (Å²) in [6.07, 6.45) is 2.59. The monoisotopic (exact) mass is 422 g/mol. The molecule has 9 heteroatoms. The lowest BCUT2D eigenvalue weighted by molar-refractivity contribution is -0.127. The largest absolute Gasteiger partial charge is 0.354 e. The number of aryl methyl sites for hydroxylation is 1. The number of nitrogens with zero attached hydrogens (tertiary/aromatic N) is 5. The number of hydrogen-bond donors (Lipinski definition) is 1. The van der Waals surface area contributed by atoms with Crippen LogP contribution in [0.15, 0.2) is 46.7 Å². The molecular weight excluding hydrogens is 400 g/mol. The van der Waals surface area contributed by atoms with Crippen molar-refractivity contribution >= 4 is 23.1 Å². The molecule has 2 aliphatic heterocycles. The zero-order valence-electron chi connectivity index (χ0n) is 16.6. The van der Waals surface area contributed by atoms with Crippen LogP contribution in [-0.4, -0.2) is 38.7 Å². The smallest absolute Gasteiger partial charge is 0.251 e. The fourth-order valence-electron chi connectivity index (χ4n) is 4.63. The average Bonchev–Trinajstić information content (AvgIpc) is 3.27. The van der Waals surface area contributed by atoms with Crippen molar-refractivity contribution in [3.05, 3.63) is 68.7 Å². The van der Waals surface area contributed by atoms with E-state index in [0.717, 1.165) is 35.2 Å². The number of piperidine rings is 1. The Hall–Kier alpha value is -3.07. The van der Waals surface area contributed by atoms with Gasteiger partial charge in [0.05, 0.1) is 12.2 Å². The molecule has 1 saturated heterocycles. The second kappa shape index (κ2) is 7.64. The van der Waals surface area contributed by atoms with E-state index in [2.05, 4.69) is 25.4 Å². The van der Waals surface area contributed by atoms with Crippen LogP contribution in [0.1, 0.15) is 34.8 Å². The number of aromatic nitrogens is 4. The number of rotatable bonds is 4. The molecule has 3 atom stereocenters. The Morgan fingerprint density at radius 3 is 2.90 bits per heavy atom. The van der Waals surface area contributed by atoms with Crippen LogP contribution >= 0.6 is 11.3 Å². The van der Waals surface area contributed by atoms with Crippen LogP contribution in [0.3, 0.4) is 0 Å². The topological polar surface area (TPSA) is 93.0 Å². The first kappa shape index (κ1) is 18.9. The Morgan fingerprint density at radius 1 is 1.23 bits per heavy atom. The maximum atomic E-state index is 13.3. The minimum absolute atomic E-state index is 0.00995. The fraction of sp³-hybridized carbons (Fsp3) is 0.381. The minimum atomic E-state index is -0.550. The van der Waals surface area contributed by atoms with E-state index in [4.69, 9.17) is 0 Å². The number of nitrogens with one attached hydrogen (secondary N) is 1. The quantitative estimate of drug-likeness (QED) is 0.690. The average molecular weight is 423 g/mol. The first-order valence-corrected chi connectivity index (χ1v) is 10.9. The lowest BCUT2D eigenvalue weighted by atomic mass is 9.78. The third-order valence-corrected chi connectivity index (χ3v) is 6.70. The first-order chi connectivity index (χ1) is 14.6. The molecule has 3 aromatic rings. The summed E-state index contributed by atoms with van der Waals surface area (Å²) in [7, 11) is 0. The Bertz CT molecular complexity index is 1110. The molecule has 2 bridgehead atoms. The van der Waals surface area contributed by atoms with Gasteiger partial charge in [-0.3, -0.25) is 14.2 Å². The third-order valence-electron chi connectivity index (χ3n) is 5.92. The van der Waals surface area contributed by atoms with Crippen LogP contribution in [-0.2, 0) is 11.3 Å². The van der Waals surface area contributed by atoms with Gasteiger partial charge >= 0.3 is 0 Å². The van der Waals surface area contributed by atoms with Crippen LogP contribution in [0, 0.1) is 12.8 Å². The Morgan fingerprint density at radius 2 is 2.13 bits per heavy atom. The lowest BCUT2D eigenvalue weighted by Crippen LogP contribution is -2.53. The van der Waals surface area contributed by atoms with Gasteiger partial charge in [0.25, 0.3) is 5.56 Å². The number of hydrogen-bond acceptors (Lipinski definition) is 7. The van der Waals surface area contributed by atoms with Gasteiger partial charge in [0.1, 0.15) is 11.0 Å². The summed E-state index contributed by atoms with van der Waals surface area (Å²) >= 11 is 1.50. The van der Waals surface area contributed by atoms with Crippen molar-refractivity contribution in [2.75, 3.05) is 18.0 Å². The molecule has 1 fully saturated rings. The van der Waals surface area contributed by atoms with E-state index in [-0.39, 0.29) is 23.3 Å². The molecule has 0 aliphatic carbocycles. The van der Waals surface area contributed by atoms with E-state index in [0.29, 0.717) is 13.1 Å². The maximum Gasteiger partial charge on any atom is 0.251 e. The van der Waals surface area contributed by atoms with Crippen molar-refractivity contribution in [1.82, 2.24) is 25.1 Å². The van der Waals surface area contributed by atoms with Gasteiger partial charge in [-0.1, -0.05) is 6.07 Å². The SMILES string of the molecule is Cc1ccc(N2C[C@@H]3C[C@H](C2)[C@H](C(=O)NCc2nccs2)n2c3cccc2=O)nn1. The van der Waals surface area contributed by atoms with E-state index < -0.39 is 6.04 Å². The van der Waals surface area contributed by atoms with Crippen LogP contribution in [0.25, 0.3) is 0 Å². The van der Waals surface area contributed by atoms with Crippen molar-refractivity contribution in [2.24, 2.45) is 5.92 Å². The Kier molecular flexibility index (Phi) is 4.82. The highest BCUT2D eigenvalue weighted by Gasteiger charge is 2.44. The second-order valence-corrected chi connectivity index (χ2v) is 8.86. The normalized spacial score (nSPS) is 22.4. The molecule has 1 amide bonds. The predicted octanol–water partition coefficient (Wildman–Crippen LogP) is 1.88. The molecule has 1 N–H and O–H groups in total. The zero-order valence-corrected chi connectivity index (χ0v) is 17.4. The highest BCUT2D eigenvalue weighted by atomic mass is 32.1. The van der Waals surface area contributed by atoms with Gasteiger partial charge in [0.2, 0.25) is 5.91 Å². The third kappa shape index (κ3) is 3.39. The summed E-state index contributed by atoms with van der Waals surface area (Å²) in [5, 5.41) is 14.2. The number of pyridine rings is 1. The number of fused-ring (bicyclic) bond motifs is 4. The van der Waals surface area contributed by atoms with E-state index >= 15 is 0 Å². The highest BCUT2D eigenvalue weighted by molar-refractivity contribution is 7.09. The number of thiazole rings is 1. The summed E-state index contributed by atoms with van der Waals surface area (Å²) in [4.78, 5) is 32.4. The van der Waals surface area contributed by atoms with Crippen molar-refractivity contribution in [2.45, 2.75) is 31.8 Å². The number of carbonyl (C=O) groups is 1. The second-order valence-electron chi connectivity index (χ2n) is 7.88. The predicted molar refractivity (Wildman–Crippen MR) is 114 cm³/mol. The molecule has 0 spiro atoms. The molecule has 3 aromatic heterocycles. The molecule has 0 unspecified atom stereocenters. The molecule has 0 saturated carbocycles. The summed E-state index contributed by atoms with van der Waals surface area (Å²) in [5.74, 6) is 0.850. The van der Waals surface area contributed by atoms with Crippen LogP contribution in [0.5, 0.6) is 0 Å². The molecule has 5 heterocycles. The summed E-state index contributed by atoms with van der Waals surface area (Å²) in [5.41, 5.74) is 1.66.